The van der Waals surface area contributed by atoms with E-state index in [1.165, 1.54) is 5.56 Å². The van der Waals surface area contributed by atoms with Crippen LogP contribution >= 0.6 is 0 Å². The van der Waals surface area contributed by atoms with Crippen LogP contribution in [0.25, 0.3) is 11.3 Å². The van der Waals surface area contributed by atoms with Crippen LogP contribution in [0.15, 0.2) is 48.5 Å². The number of fused-ring (bicyclic) bond motifs is 1. The molecule has 0 spiro atoms. The van der Waals surface area contributed by atoms with Gasteiger partial charge in [-0.25, -0.2) is 0 Å². The maximum Gasteiger partial charge on any atom is 0.172 e. The number of allylic oxidation sites excluding steroid dienone is 1. The summed E-state index contributed by atoms with van der Waals surface area (Å²) >= 11 is 0. The molecule has 100 valence electrons. The quantitative estimate of drug-likeness (QED) is 0.800. The molecule has 0 heterocycles. The maximum atomic E-state index is 12.5. The number of rotatable bonds is 1. The summed E-state index contributed by atoms with van der Waals surface area (Å²) in [5, 5.41) is 0. The van der Waals surface area contributed by atoms with Gasteiger partial charge in [0.2, 0.25) is 0 Å². The fourth-order valence-electron chi connectivity index (χ4n) is 2.75. The number of benzene rings is 2. The second-order valence-corrected chi connectivity index (χ2v) is 5.33. The molecule has 0 radical (unpaired) electrons. The summed E-state index contributed by atoms with van der Waals surface area (Å²) in [6, 6.07) is 15.9. The van der Waals surface area contributed by atoms with Crippen LogP contribution in [0.5, 0.6) is 0 Å². The van der Waals surface area contributed by atoms with Gasteiger partial charge in [0.15, 0.2) is 5.78 Å². The highest BCUT2D eigenvalue weighted by Gasteiger charge is 2.33. The number of carbonyl (C=O) groups is 1. The summed E-state index contributed by atoms with van der Waals surface area (Å²) in [6.07, 6.45) is 0. The Hall–Kier alpha value is -2.35. The van der Waals surface area contributed by atoms with Gasteiger partial charge in [-0.1, -0.05) is 61.0 Å². The second kappa shape index (κ2) is 4.64. The van der Waals surface area contributed by atoms with Crippen molar-refractivity contribution in [3.63, 3.8) is 0 Å². The second-order valence-electron chi connectivity index (χ2n) is 5.33. The van der Waals surface area contributed by atoms with Crippen molar-refractivity contribution < 1.29 is 4.79 Å². The van der Waals surface area contributed by atoms with Gasteiger partial charge in [0.1, 0.15) is 0 Å². The summed E-state index contributed by atoms with van der Waals surface area (Å²) in [5.74, 6) is 0.00877. The van der Waals surface area contributed by atoms with Crippen LogP contribution in [-0.2, 0) is 4.79 Å². The molecule has 1 unspecified atom stereocenters. The van der Waals surface area contributed by atoms with Crippen LogP contribution in [0.3, 0.4) is 0 Å². The van der Waals surface area contributed by atoms with E-state index in [1.807, 2.05) is 62.4 Å². The molecule has 1 aliphatic carbocycles. The van der Waals surface area contributed by atoms with E-state index >= 15 is 0 Å². The Balaban J connectivity index is 2.20. The summed E-state index contributed by atoms with van der Waals surface area (Å²) in [5.41, 5.74) is 11.6. The summed E-state index contributed by atoms with van der Waals surface area (Å²) in [4.78, 5) is 12.5. The minimum Gasteiger partial charge on any atom is -0.398 e. The normalized spacial score (nSPS) is 19.9. The van der Waals surface area contributed by atoms with Crippen molar-refractivity contribution in [3.05, 3.63) is 70.8 Å². The Bertz CT molecular complexity index is 710. The van der Waals surface area contributed by atoms with Crippen molar-refractivity contribution in [2.24, 2.45) is 5.73 Å². The third kappa shape index (κ3) is 1.85. The predicted octanol–water partition coefficient (Wildman–Crippen LogP) is 3.51. The van der Waals surface area contributed by atoms with Crippen molar-refractivity contribution in [1.29, 1.82) is 0 Å². The Morgan fingerprint density at radius 3 is 2.40 bits per heavy atom. The zero-order chi connectivity index (χ0) is 14.3. The molecule has 3 rings (SSSR count). The van der Waals surface area contributed by atoms with Gasteiger partial charge in [0.05, 0.1) is 5.70 Å². The Kier molecular flexibility index (Phi) is 2.94. The van der Waals surface area contributed by atoms with Crippen molar-refractivity contribution in [2.45, 2.75) is 19.8 Å². The van der Waals surface area contributed by atoms with Gasteiger partial charge in [-0.3, -0.25) is 4.79 Å². The molecular formula is C18H17NO. The van der Waals surface area contributed by atoms with E-state index in [0.717, 1.165) is 16.7 Å². The molecular weight excluding hydrogens is 246 g/mol. The maximum absolute atomic E-state index is 12.5. The first-order valence-corrected chi connectivity index (χ1v) is 6.80. The van der Waals surface area contributed by atoms with E-state index < -0.39 is 0 Å². The monoisotopic (exact) mass is 263 g/mol. The highest BCUT2D eigenvalue weighted by atomic mass is 16.1. The molecule has 0 saturated carbocycles. The summed E-state index contributed by atoms with van der Waals surface area (Å²) in [6.45, 7) is 3.97. The summed E-state index contributed by atoms with van der Waals surface area (Å²) in [7, 11) is 0. The van der Waals surface area contributed by atoms with Crippen molar-refractivity contribution >= 4 is 17.1 Å². The first kappa shape index (κ1) is 12.7. The van der Waals surface area contributed by atoms with Crippen LogP contribution in [0.1, 0.15) is 35.1 Å². The number of ketones is 1. The van der Waals surface area contributed by atoms with Gasteiger partial charge in [0.25, 0.3) is 0 Å². The number of Topliss-reactive ketones (excluding diaryl/α,β-unsaturated/α-hetero) is 1. The van der Waals surface area contributed by atoms with Crippen LogP contribution in [0.4, 0.5) is 0 Å². The highest BCUT2D eigenvalue weighted by Crippen LogP contribution is 2.40. The Morgan fingerprint density at radius 1 is 1.05 bits per heavy atom. The molecule has 0 aromatic heterocycles. The fourth-order valence-corrected chi connectivity index (χ4v) is 2.75. The van der Waals surface area contributed by atoms with Crippen molar-refractivity contribution in [3.8, 4) is 0 Å². The van der Waals surface area contributed by atoms with Crippen LogP contribution < -0.4 is 5.73 Å². The third-order valence-corrected chi connectivity index (χ3v) is 3.97. The lowest BCUT2D eigenvalue weighted by atomic mass is 10.00. The van der Waals surface area contributed by atoms with E-state index in [9.17, 15) is 4.79 Å². The average molecular weight is 263 g/mol. The van der Waals surface area contributed by atoms with Gasteiger partial charge in [0, 0.05) is 11.5 Å². The molecule has 1 atom stereocenters. The Labute approximate surface area is 118 Å². The van der Waals surface area contributed by atoms with E-state index in [-0.39, 0.29) is 11.7 Å². The van der Waals surface area contributed by atoms with Crippen molar-refractivity contribution in [1.82, 2.24) is 0 Å². The minimum atomic E-state index is -0.106. The molecule has 0 saturated heterocycles. The molecule has 20 heavy (non-hydrogen) atoms. The number of hydrogen-bond acceptors (Lipinski definition) is 2. The molecule has 2 nitrogen and oxygen atoms in total. The number of aryl methyl sites for hydroxylation is 1. The molecule has 0 fully saturated rings. The third-order valence-electron chi connectivity index (χ3n) is 3.97. The van der Waals surface area contributed by atoms with E-state index in [0.29, 0.717) is 11.3 Å². The topological polar surface area (TPSA) is 43.1 Å². The molecule has 0 amide bonds. The summed E-state index contributed by atoms with van der Waals surface area (Å²) < 4.78 is 0. The van der Waals surface area contributed by atoms with Crippen molar-refractivity contribution in [2.75, 3.05) is 0 Å². The first-order valence-electron chi connectivity index (χ1n) is 6.80. The minimum absolute atomic E-state index is 0.106. The van der Waals surface area contributed by atoms with Gasteiger partial charge in [-0.15, -0.1) is 0 Å². The number of hydrogen-bond donors (Lipinski definition) is 1. The van der Waals surface area contributed by atoms with E-state index in [1.54, 1.807) is 0 Å². The zero-order valence-corrected chi connectivity index (χ0v) is 11.7. The SMILES string of the molecule is Cc1ccc(C(N)=C2C(=O)C(C)c3ccccc32)cc1. The van der Waals surface area contributed by atoms with Gasteiger partial charge in [-0.05, 0) is 23.6 Å². The van der Waals surface area contributed by atoms with Gasteiger partial charge >= 0.3 is 0 Å². The van der Waals surface area contributed by atoms with E-state index in [4.69, 9.17) is 5.73 Å². The number of nitrogens with two attached hydrogens (primary N) is 1. The van der Waals surface area contributed by atoms with Crippen LogP contribution in [0, 0.1) is 6.92 Å². The number of carbonyl (C=O) groups excluding carboxylic acids is 1. The fraction of sp³-hybridized carbons (Fsp3) is 0.167. The molecule has 2 aromatic carbocycles. The molecule has 2 aromatic rings. The largest absolute Gasteiger partial charge is 0.398 e. The van der Waals surface area contributed by atoms with Crippen LogP contribution in [0.2, 0.25) is 0 Å². The molecule has 0 aliphatic heterocycles. The average Bonchev–Trinajstić information content (AvgIpc) is 2.72. The molecule has 1 aliphatic rings. The highest BCUT2D eigenvalue weighted by molar-refractivity contribution is 6.33. The zero-order valence-electron chi connectivity index (χ0n) is 11.7. The molecule has 0 bridgehead atoms. The molecule has 2 heteroatoms. The lowest BCUT2D eigenvalue weighted by Crippen LogP contribution is -2.07. The predicted molar refractivity (Wildman–Crippen MR) is 82.0 cm³/mol. The van der Waals surface area contributed by atoms with E-state index in [2.05, 4.69) is 0 Å². The standard InChI is InChI=1S/C18H17NO/c1-11-7-9-13(10-8-11)17(19)16-15-6-4-3-5-14(15)12(2)18(16)20/h3-10,12H,19H2,1-2H3. The smallest absolute Gasteiger partial charge is 0.172 e. The first-order chi connectivity index (χ1) is 9.59. The van der Waals surface area contributed by atoms with Gasteiger partial charge in [-0.2, -0.15) is 0 Å². The molecule has 2 N–H and O–H groups in total. The van der Waals surface area contributed by atoms with Crippen LogP contribution in [-0.4, -0.2) is 5.78 Å². The van der Waals surface area contributed by atoms with Gasteiger partial charge < -0.3 is 5.73 Å². The lowest BCUT2D eigenvalue weighted by molar-refractivity contribution is -0.114. The Morgan fingerprint density at radius 2 is 1.70 bits per heavy atom. The lowest BCUT2D eigenvalue weighted by Gasteiger charge is -2.07.